The van der Waals surface area contributed by atoms with Crippen LogP contribution < -0.4 is 4.74 Å². The number of furan rings is 2. The summed E-state index contributed by atoms with van der Waals surface area (Å²) in [5, 5.41) is 2.06. The van der Waals surface area contributed by atoms with Crippen LogP contribution in [-0.2, 0) is 17.8 Å². The van der Waals surface area contributed by atoms with E-state index in [1.54, 1.807) is 41.9 Å². The maximum absolute atomic E-state index is 13.6. The Balaban J connectivity index is 1.35. The van der Waals surface area contributed by atoms with Gasteiger partial charge >= 0.3 is 0 Å². The highest BCUT2D eigenvalue weighted by molar-refractivity contribution is 7.10. The number of carbonyl (C=O) groups is 2. The number of hydrogen-bond donors (Lipinski definition) is 0. The summed E-state index contributed by atoms with van der Waals surface area (Å²) in [5.41, 5.74) is 2.27. The van der Waals surface area contributed by atoms with Crippen molar-refractivity contribution in [2.45, 2.75) is 25.9 Å². The van der Waals surface area contributed by atoms with Crippen molar-refractivity contribution in [2.24, 2.45) is 0 Å². The molecule has 3 aromatic heterocycles. The average molecular weight is 491 g/mol. The van der Waals surface area contributed by atoms with Gasteiger partial charge in [-0.25, -0.2) is 0 Å². The van der Waals surface area contributed by atoms with Gasteiger partial charge < -0.3 is 23.4 Å². The molecule has 1 aliphatic heterocycles. The fourth-order valence-corrected chi connectivity index (χ4v) is 5.21. The second-order valence-corrected chi connectivity index (χ2v) is 9.49. The van der Waals surface area contributed by atoms with E-state index in [1.807, 2.05) is 36.1 Å². The molecule has 35 heavy (non-hydrogen) atoms. The molecule has 1 aromatic carbocycles. The second-order valence-electron chi connectivity index (χ2n) is 8.49. The van der Waals surface area contributed by atoms with E-state index in [4.69, 9.17) is 13.6 Å². The lowest BCUT2D eigenvalue weighted by atomic mass is 10.0. The highest BCUT2D eigenvalue weighted by atomic mass is 32.1. The van der Waals surface area contributed by atoms with E-state index in [2.05, 4.69) is 11.4 Å². The van der Waals surface area contributed by atoms with Gasteiger partial charge in [0, 0.05) is 11.4 Å². The maximum Gasteiger partial charge on any atom is 0.290 e. The summed E-state index contributed by atoms with van der Waals surface area (Å²) in [6.45, 7) is 3.00. The molecule has 7 nitrogen and oxygen atoms in total. The number of benzene rings is 1. The Morgan fingerprint density at radius 1 is 1.09 bits per heavy atom. The number of hydrogen-bond acceptors (Lipinski definition) is 6. The molecule has 0 fully saturated rings. The molecule has 0 spiro atoms. The molecule has 1 aliphatic rings. The third kappa shape index (κ3) is 5.17. The monoisotopic (exact) mass is 490 g/mol. The molecule has 0 radical (unpaired) electrons. The molecule has 0 N–H and O–H groups in total. The minimum atomic E-state index is -0.361. The third-order valence-corrected chi connectivity index (χ3v) is 7.11. The molecule has 0 saturated carbocycles. The van der Waals surface area contributed by atoms with E-state index in [9.17, 15) is 9.59 Å². The Morgan fingerprint density at radius 2 is 1.89 bits per heavy atom. The Hall–Kier alpha value is -3.78. The van der Waals surface area contributed by atoms with Crippen molar-refractivity contribution in [3.8, 4) is 5.75 Å². The largest absolute Gasteiger partial charge is 0.491 e. The third-order valence-electron chi connectivity index (χ3n) is 6.12. The number of thiophene rings is 1. The van der Waals surface area contributed by atoms with Gasteiger partial charge in [-0.2, -0.15) is 0 Å². The van der Waals surface area contributed by atoms with Gasteiger partial charge in [0.1, 0.15) is 24.7 Å². The Morgan fingerprint density at radius 3 is 2.63 bits per heavy atom. The Bertz CT molecular complexity index is 1260. The Labute approximate surface area is 207 Å². The van der Waals surface area contributed by atoms with E-state index in [0.717, 1.165) is 23.3 Å². The van der Waals surface area contributed by atoms with Crippen molar-refractivity contribution in [1.82, 2.24) is 9.80 Å². The first-order chi connectivity index (χ1) is 17.1. The predicted octanol–water partition coefficient (Wildman–Crippen LogP) is 5.09. The fraction of sp³-hybridized carbons (Fsp3) is 0.259. The van der Waals surface area contributed by atoms with Gasteiger partial charge in [0.2, 0.25) is 5.91 Å². The molecule has 2 amide bonds. The van der Waals surface area contributed by atoms with Crippen molar-refractivity contribution < 1.29 is 23.2 Å². The first-order valence-corrected chi connectivity index (χ1v) is 12.4. The summed E-state index contributed by atoms with van der Waals surface area (Å²) in [6.07, 6.45) is 3.78. The lowest BCUT2D eigenvalue weighted by Crippen LogP contribution is -2.47. The van der Waals surface area contributed by atoms with E-state index in [0.29, 0.717) is 18.9 Å². The quantitative estimate of drug-likeness (QED) is 0.344. The molecule has 4 aromatic rings. The molecule has 180 valence electrons. The molecule has 0 saturated heterocycles. The summed E-state index contributed by atoms with van der Waals surface area (Å²) >= 11 is 1.70. The van der Waals surface area contributed by atoms with Crippen LogP contribution in [0.25, 0.3) is 0 Å². The van der Waals surface area contributed by atoms with E-state index in [-0.39, 0.29) is 36.7 Å². The standard InChI is InChI=1S/C27H26N2O5S/c1-19-6-8-20(9-7-19)34-18-23-22-11-15-35-25(22)10-12-29(23)26(30)17-28(16-21-4-2-13-32-21)27(31)24-5-3-14-33-24/h2-9,11,13-15,23H,10,12,16-18H2,1H3. The first-order valence-electron chi connectivity index (χ1n) is 11.5. The van der Waals surface area contributed by atoms with Crippen LogP contribution in [0, 0.1) is 6.92 Å². The van der Waals surface area contributed by atoms with Gasteiger partial charge in [-0.15, -0.1) is 11.3 Å². The highest BCUT2D eigenvalue weighted by Crippen LogP contribution is 2.34. The van der Waals surface area contributed by atoms with E-state index >= 15 is 0 Å². The smallest absolute Gasteiger partial charge is 0.290 e. The van der Waals surface area contributed by atoms with Crippen LogP contribution in [0.3, 0.4) is 0 Å². The van der Waals surface area contributed by atoms with E-state index in [1.165, 1.54) is 16.0 Å². The van der Waals surface area contributed by atoms with Gasteiger partial charge in [0.05, 0.1) is 25.1 Å². The normalized spacial score (nSPS) is 15.0. The summed E-state index contributed by atoms with van der Waals surface area (Å²) in [4.78, 5) is 31.3. The number of aryl methyl sites for hydroxylation is 1. The van der Waals surface area contributed by atoms with Gasteiger partial charge in [-0.1, -0.05) is 17.7 Å². The first kappa shape index (κ1) is 23.0. The summed E-state index contributed by atoms with van der Waals surface area (Å²) in [5.74, 6) is 1.03. The number of fused-ring (bicyclic) bond motifs is 1. The predicted molar refractivity (Wildman–Crippen MR) is 131 cm³/mol. The molecular formula is C27H26N2O5S. The number of amides is 2. The fourth-order valence-electron chi connectivity index (χ4n) is 4.28. The molecule has 1 atom stereocenters. The molecule has 5 rings (SSSR count). The van der Waals surface area contributed by atoms with E-state index < -0.39 is 0 Å². The molecule has 8 heteroatoms. The minimum absolute atomic E-state index is 0.0965. The van der Waals surface area contributed by atoms with Crippen LogP contribution in [-0.4, -0.2) is 41.3 Å². The van der Waals surface area contributed by atoms with Crippen molar-refractivity contribution in [1.29, 1.82) is 0 Å². The molecule has 4 heterocycles. The summed E-state index contributed by atoms with van der Waals surface area (Å²) < 4.78 is 16.9. The number of nitrogens with zero attached hydrogens (tertiary/aromatic N) is 2. The Kier molecular flexibility index (Phi) is 6.72. The molecule has 0 bridgehead atoms. The van der Waals surface area contributed by atoms with Crippen LogP contribution in [0.1, 0.15) is 38.4 Å². The zero-order chi connectivity index (χ0) is 24.2. The van der Waals surface area contributed by atoms with Gasteiger partial charge in [0.25, 0.3) is 5.91 Å². The van der Waals surface area contributed by atoms with Crippen LogP contribution in [0.15, 0.2) is 81.3 Å². The number of ether oxygens (including phenoxy) is 1. The minimum Gasteiger partial charge on any atom is -0.491 e. The average Bonchev–Trinajstić information content (AvgIpc) is 3.65. The SMILES string of the molecule is Cc1ccc(OCC2c3ccsc3CCN2C(=O)CN(Cc2ccco2)C(=O)c2ccco2)cc1. The lowest BCUT2D eigenvalue weighted by Gasteiger charge is -2.37. The summed E-state index contributed by atoms with van der Waals surface area (Å²) in [6, 6.07) is 16.5. The van der Waals surface area contributed by atoms with Crippen molar-refractivity contribution in [2.75, 3.05) is 19.7 Å². The van der Waals surface area contributed by atoms with Gasteiger partial charge in [0.15, 0.2) is 5.76 Å². The van der Waals surface area contributed by atoms with Gasteiger partial charge in [-0.05, 0) is 66.8 Å². The van der Waals surface area contributed by atoms with Crippen LogP contribution in [0.5, 0.6) is 5.75 Å². The highest BCUT2D eigenvalue weighted by Gasteiger charge is 2.34. The lowest BCUT2D eigenvalue weighted by molar-refractivity contribution is -0.135. The van der Waals surface area contributed by atoms with Crippen molar-refractivity contribution in [3.05, 3.63) is 100 Å². The van der Waals surface area contributed by atoms with Crippen LogP contribution >= 0.6 is 11.3 Å². The zero-order valence-corrected chi connectivity index (χ0v) is 20.2. The topological polar surface area (TPSA) is 76.1 Å². The maximum atomic E-state index is 13.6. The second kappa shape index (κ2) is 10.2. The summed E-state index contributed by atoms with van der Waals surface area (Å²) in [7, 11) is 0. The molecule has 0 aliphatic carbocycles. The number of rotatable bonds is 8. The van der Waals surface area contributed by atoms with Crippen molar-refractivity contribution >= 4 is 23.2 Å². The van der Waals surface area contributed by atoms with Gasteiger partial charge in [-0.3, -0.25) is 9.59 Å². The number of carbonyl (C=O) groups excluding carboxylic acids is 2. The zero-order valence-electron chi connectivity index (χ0n) is 19.4. The van der Waals surface area contributed by atoms with Crippen LogP contribution in [0.2, 0.25) is 0 Å². The molecule has 1 unspecified atom stereocenters. The van der Waals surface area contributed by atoms with Crippen LogP contribution in [0.4, 0.5) is 0 Å². The molecular weight excluding hydrogens is 464 g/mol. The van der Waals surface area contributed by atoms with Crippen molar-refractivity contribution in [3.63, 3.8) is 0 Å².